The Morgan fingerprint density at radius 1 is 1.25 bits per heavy atom. The first-order chi connectivity index (χ1) is 11.7. The van der Waals surface area contributed by atoms with E-state index in [4.69, 9.17) is 4.74 Å². The number of benzene rings is 2. The van der Waals surface area contributed by atoms with Gasteiger partial charge in [0.25, 0.3) is 0 Å². The van der Waals surface area contributed by atoms with Crippen molar-refractivity contribution in [2.24, 2.45) is 0 Å². The molecule has 24 heavy (non-hydrogen) atoms. The highest BCUT2D eigenvalue weighted by Crippen LogP contribution is 2.31. The van der Waals surface area contributed by atoms with E-state index in [1.165, 1.54) is 5.56 Å². The van der Waals surface area contributed by atoms with Crippen LogP contribution < -0.4 is 9.64 Å². The molecular weight excluding hydrogens is 300 g/mol. The van der Waals surface area contributed by atoms with Crippen LogP contribution in [0.3, 0.4) is 0 Å². The minimum atomic E-state index is -0.00892. The summed E-state index contributed by atoms with van der Waals surface area (Å²) in [5.74, 6) is 0.814. The quantitative estimate of drug-likeness (QED) is 0.842. The Morgan fingerprint density at radius 2 is 2.04 bits per heavy atom. The number of hydrogen-bond donors (Lipinski definition) is 0. The van der Waals surface area contributed by atoms with Crippen LogP contribution in [-0.2, 0) is 6.42 Å². The molecule has 0 saturated carbocycles. The second-order valence-corrected chi connectivity index (χ2v) is 6.05. The number of amides is 2. The van der Waals surface area contributed by atoms with Crippen molar-refractivity contribution in [2.45, 2.75) is 26.3 Å². The molecule has 4 nitrogen and oxygen atoms in total. The van der Waals surface area contributed by atoms with Gasteiger partial charge in [-0.05, 0) is 49.6 Å². The molecule has 1 atom stereocenters. The summed E-state index contributed by atoms with van der Waals surface area (Å²) in [4.78, 5) is 16.9. The minimum absolute atomic E-state index is 0.00892. The van der Waals surface area contributed by atoms with Gasteiger partial charge in [-0.15, -0.1) is 0 Å². The third-order valence-electron chi connectivity index (χ3n) is 4.75. The summed E-state index contributed by atoms with van der Waals surface area (Å²) in [6.07, 6.45) is 0.924. The molecule has 126 valence electrons. The summed E-state index contributed by atoms with van der Waals surface area (Å²) in [5, 5.41) is 0. The Morgan fingerprint density at radius 3 is 2.79 bits per heavy atom. The van der Waals surface area contributed by atoms with Crippen molar-refractivity contribution < 1.29 is 9.53 Å². The van der Waals surface area contributed by atoms with Crippen LogP contribution in [0.15, 0.2) is 48.5 Å². The second kappa shape index (κ2) is 6.95. The molecule has 1 unspecified atom stereocenters. The zero-order valence-corrected chi connectivity index (χ0v) is 14.5. The number of carbonyl (C=O) groups is 1. The summed E-state index contributed by atoms with van der Waals surface area (Å²) >= 11 is 0. The average Bonchev–Trinajstić information content (AvgIpc) is 3.06. The monoisotopic (exact) mass is 324 g/mol. The minimum Gasteiger partial charge on any atom is -0.497 e. The van der Waals surface area contributed by atoms with Crippen LogP contribution in [0.1, 0.15) is 31.0 Å². The largest absolute Gasteiger partial charge is 0.497 e. The van der Waals surface area contributed by atoms with Gasteiger partial charge in [-0.25, -0.2) is 4.79 Å². The number of rotatable bonds is 4. The van der Waals surface area contributed by atoms with E-state index in [1.807, 2.05) is 59.2 Å². The number of ether oxygens (including phenoxy) is 1. The molecule has 3 rings (SSSR count). The highest BCUT2D eigenvalue weighted by atomic mass is 16.5. The first-order valence-corrected chi connectivity index (χ1v) is 8.45. The number of methoxy groups -OCH3 is 1. The smallest absolute Gasteiger partial charge is 0.324 e. The van der Waals surface area contributed by atoms with E-state index in [2.05, 4.69) is 13.0 Å². The van der Waals surface area contributed by atoms with Crippen LogP contribution in [0.4, 0.5) is 10.5 Å². The third kappa shape index (κ3) is 2.96. The summed E-state index contributed by atoms with van der Waals surface area (Å²) in [5.41, 5.74) is 3.37. The van der Waals surface area contributed by atoms with E-state index >= 15 is 0 Å². The molecule has 1 aliphatic heterocycles. The molecule has 0 fully saturated rings. The van der Waals surface area contributed by atoms with Gasteiger partial charge in [0.1, 0.15) is 5.75 Å². The van der Waals surface area contributed by atoms with Crippen LogP contribution >= 0.6 is 0 Å². The zero-order chi connectivity index (χ0) is 17.1. The first kappa shape index (κ1) is 16.4. The number of anilines is 1. The Labute approximate surface area is 143 Å². The van der Waals surface area contributed by atoms with Gasteiger partial charge in [-0.3, -0.25) is 4.90 Å². The zero-order valence-electron chi connectivity index (χ0n) is 14.5. The van der Waals surface area contributed by atoms with Gasteiger partial charge >= 0.3 is 6.03 Å². The molecule has 0 radical (unpaired) electrons. The van der Waals surface area contributed by atoms with Crippen LogP contribution in [0.5, 0.6) is 5.75 Å². The van der Waals surface area contributed by atoms with E-state index in [9.17, 15) is 4.79 Å². The molecule has 2 aromatic carbocycles. The predicted molar refractivity (Wildman–Crippen MR) is 96.7 cm³/mol. The highest BCUT2D eigenvalue weighted by molar-refractivity contribution is 5.94. The van der Waals surface area contributed by atoms with E-state index in [0.29, 0.717) is 6.54 Å². The molecule has 0 aliphatic carbocycles. The summed E-state index contributed by atoms with van der Waals surface area (Å²) < 4.78 is 5.31. The molecule has 4 heteroatoms. The lowest BCUT2D eigenvalue weighted by atomic mass is 10.1. The molecule has 0 bridgehead atoms. The van der Waals surface area contributed by atoms with Gasteiger partial charge in [-0.1, -0.05) is 30.3 Å². The molecule has 0 spiro atoms. The maximum absolute atomic E-state index is 13.1. The van der Waals surface area contributed by atoms with E-state index < -0.39 is 0 Å². The molecule has 2 amide bonds. The molecular formula is C20H24N2O2. The standard InChI is InChI=1S/C20H24N2O2/c1-4-21(15(2)17-9-7-10-18(14-17)24-3)20(23)22-13-12-16-8-5-6-11-19(16)22/h5-11,14-15H,4,12-13H2,1-3H3. The van der Waals surface area contributed by atoms with Crippen LogP contribution in [0.25, 0.3) is 0 Å². The van der Waals surface area contributed by atoms with Gasteiger partial charge in [0.05, 0.1) is 13.2 Å². The molecule has 1 heterocycles. The van der Waals surface area contributed by atoms with Crippen molar-refractivity contribution >= 4 is 11.7 Å². The van der Waals surface area contributed by atoms with Crippen LogP contribution in [0.2, 0.25) is 0 Å². The fourth-order valence-electron chi connectivity index (χ4n) is 3.35. The van der Waals surface area contributed by atoms with Gasteiger partial charge in [0, 0.05) is 18.8 Å². The number of hydrogen-bond acceptors (Lipinski definition) is 2. The number of carbonyl (C=O) groups excluding carboxylic acids is 1. The van der Waals surface area contributed by atoms with Crippen molar-refractivity contribution in [1.82, 2.24) is 4.90 Å². The third-order valence-corrected chi connectivity index (χ3v) is 4.75. The lowest BCUT2D eigenvalue weighted by Crippen LogP contribution is -2.43. The lowest BCUT2D eigenvalue weighted by molar-refractivity contribution is 0.190. The summed E-state index contributed by atoms with van der Waals surface area (Å²) in [6, 6.07) is 16.1. The molecule has 0 saturated heterocycles. The van der Waals surface area contributed by atoms with Crippen LogP contribution in [0, 0.1) is 0 Å². The van der Waals surface area contributed by atoms with Crippen molar-refractivity contribution in [3.63, 3.8) is 0 Å². The van der Waals surface area contributed by atoms with Crippen molar-refractivity contribution in [3.05, 3.63) is 59.7 Å². The number of nitrogens with zero attached hydrogens (tertiary/aromatic N) is 2. The van der Waals surface area contributed by atoms with Crippen molar-refractivity contribution in [3.8, 4) is 5.75 Å². The van der Waals surface area contributed by atoms with Gasteiger partial charge in [0.2, 0.25) is 0 Å². The van der Waals surface area contributed by atoms with Crippen molar-refractivity contribution in [2.75, 3.05) is 25.1 Å². The summed E-state index contributed by atoms with van der Waals surface area (Å²) in [6.45, 7) is 5.50. The highest BCUT2D eigenvalue weighted by Gasteiger charge is 2.30. The van der Waals surface area contributed by atoms with E-state index in [1.54, 1.807) is 7.11 Å². The van der Waals surface area contributed by atoms with Gasteiger partial charge < -0.3 is 9.64 Å². The Bertz CT molecular complexity index is 729. The topological polar surface area (TPSA) is 32.8 Å². The second-order valence-electron chi connectivity index (χ2n) is 6.05. The van der Waals surface area contributed by atoms with Crippen molar-refractivity contribution in [1.29, 1.82) is 0 Å². The fraction of sp³-hybridized carbons (Fsp3) is 0.350. The predicted octanol–water partition coefficient (Wildman–Crippen LogP) is 4.26. The Balaban J connectivity index is 1.84. The van der Waals surface area contributed by atoms with E-state index in [-0.39, 0.29) is 12.1 Å². The molecule has 1 aliphatic rings. The number of para-hydroxylation sites is 1. The fourth-order valence-corrected chi connectivity index (χ4v) is 3.35. The number of fused-ring (bicyclic) bond motifs is 1. The lowest BCUT2D eigenvalue weighted by Gasteiger charge is -2.32. The molecule has 0 aromatic heterocycles. The number of urea groups is 1. The first-order valence-electron chi connectivity index (χ1n) is 8.45. The van der Waals surface area contributed by atoms with Crippen LogP contribution in [-0.4, -0.2) is 31.1 Å². The Kier molecular flexibility index (Phi) is 4.74. The Hall–Kier alpha value is -2.49. The molecule has 2 aromatic rings. The van der Waals surface area contributed by atoms with Gasteiger partial charge in [-0.2, -0.15) is 0 Å². The van der Waals surface area contributed by atoms with E-state index in [0.717, 1.165) is 30.0 Å². The SMILES string of the molecule is CCN(C(=O)N1CCc2ccccc21)C(C)c1cccc(OC)c1. The maximum Gasteiger partial charge on any atom is 0.324 e. The average molecular weight is 324 g/mol. The molecule has 0 N–H and O–H groups in total. The summed E-state index contributed by atoms with van der Waals surface area (Å²) in [7, 11) is 1.66. The normalized spacial score (nSPS) is 14.2. The van der Waals surface area contributed by atoms with Gasteiger partial charge in [0.15, 0.2) is 0 Å². The maximum atomic E-state index is 13.1.